The van der Waals surface area contributed by atoms with Crippen molar-refractivity contribution in [3.63, 3.8) is 0 Å². The molecule has 0 aliphatic carbocycles. The third-order valence-corrected chi connectivity index (χ3v) is 3.48. The molecule has 4 nitrogen and oxygen atoms in total. The Kier molecular flexibility index (Phi) is 6.75. The highest BCUT2D eigenvalue weighted by Crippen LogP contribution is 2.24. The molecule has 1 aromatic rings. The first-order chi connectivity index (χ1) is 9.85. The average molecular weight is 310 g/mol. The summed E-state index contributed by atoms with van der Waals surface area (Å²) in [6, 6.07) is 5.72. The highest BCUT2D eigenvalue weighted by Gasteiger charge is 2.16. The van der Waals surface area contributed by atoms with Crippen LogP contribution in [0, 0.1) is 0 Å². The van der Waals surface area contributed by atoms with E-state index in [4.69, 9.17) is 8.92 Å². The van der Waals surface area contributed by atoms with E-state index in [1.807, 2.05) is 12.1 Å². The van der Waals surface area contributed by atoms with Crippen molar-refractivity contribution in [1.29, 1.82) is 0 Å². The molecular weight excluding hydrogens is 288 g/mol. The average Bonchev–Trinajstić information content (AvgIpc) is 2.44. The highest BCUT2D eigenvalue weighted by atomic mass is 32.2. The summed E-state index contributed by atoms with van der Waals surface area (Å²) in [7, 11) is 0. The second-order valence-corrected chi connectivity index (χ2v) is 6.00. The molecule has 1 aromatic carbocycles. The molecule has 0 saturated carbocycles. The molecule has 5 heteroatoms. The van der Waals surface area contributed by atoms with E-state index in [9.17, 15) is 9.59 Å². The number of hydrogen-bond acceptors (Lipinski definition) is 5. The molecule has 0 atom stereocenters. The zero-order valence-electron chi connectivity index (χ0n) is 13.1. The molecule has 0 fully saturated rings. The molecule has 21 heavy (non-hydrogen) atoms. The van der Waals surface area contributed by atoms with Crippen LogP contribution in [0.2, 0.25) is 0 Å². The topological polar surface area (TPSA) is 52.6 Å². The van der Waals surface area contributed by atoms with Gasteiger partial charge in [0.1, 0.15) is 0 Å². The van der Waals surface area contributed by atoms with E-state index in [0.717, 1.165) is 11.1 Å². The van der Waals surface area contributed by atoms with Gasteiger partial charge < -0.3 is 8.92 Å². The quantitative estimate of drug-likeness (QED) is 0.585. The van der Waals surface area contributed by atoms with E-state index in [0.29, 0.717) is 29.4 Å². The largest absolute Gasteiger partial charge is 0.456 e. The Balaban J connectivity index is 2.90. The van der Waals surface area contributed by atoms with Crippen molar-refractivity contribution < 1.29 is 18.5 Å². The van der Waals surface area contributed by atoms with Gasteiger partial charge in [0.25, 0.3) is 0 Å². The fourth-order valence-electron chi connectivity index (χ4n) is 1.72. The van der Waals surface area contributed by atoms with Crippen LogP contribution in [0.15, 0.2) is 18.2 Å². The molecule has 0 radical (unpaired) electrons. The summed E-state index contributed by atoms with van der Waals surface area (Å²) < 4.78 is 9.61. The third-order valence-electron chi connectivity index (χ3n) is 2.99. The number of rotatable bonds is 4. The molecule has 0 aliphatic rings. The van der Waals surface area contributed by atoms with Gasteiger partial charge in [-0.05, 0) is 42.0 Å². The maximum absolute atomic E-state index is 12.1. The monoisotopic (exact) mass is 310 g/mol. The van der Waals surface area contributed by atoms with Gasteiger partial charge in [-0.15, -0.1) is 0 Å². The Morgan fingerprint density at radius 1 is 1.05 bits per heavy atom. The number of carbonyl (C=O) groups excluding carboxylic acids is 2. The van der Waals surface area contributed by atoms with Crippen LogP contribution in [0.1, 0.15) is 67.9 Å². The molecule has 0 N–H and O–H groups in total. The zero-order valence-corrected chi connectivity index (χ0v) is 14.0. The fraction of sp³-hybridized carbons (Fsp3) is 0.500. The lowest BCUT2D eigenvalue weighted by molar-refractivity contribution is 0.0764. The zero-order chi connectivity index (χ0) is 16.0. The van der Waals surface area contributed by atoms with Gasteiger partial charge in [-0.2, -0.15) is 0 Å². The van der Waals surface area contributed by atoms with Crippen LogP contribution in [0.25, 0.3) is 0 Å². The van der Waals surface area contributed by atoms with E-state index >= 15 is 0 Å². The van der Waals surface area contributed by atoms with Crippen LogP contribution in [0.3, 0.4) is 0 Å². The molecule has 0 aromatic heterocycles. The van der Waals surface area contributed by atoms with Gasteiger partial charge in [-0.25, -0.2) is 9.59 Å². The molecule has 0 amide bonds. The summed E-state index contributed by atoms with van der Waals surface area (Å²) in [4.78, 5) is 23.2. The van der Waals surface area contributed by atoms with E-state index in [-0.39, 0.29) is 6.61 Å². The van der Waals surface area contributed by atoms with Gasteiger partial charge in [0.2, 0.25) is 0 Å². The predicted molar refractivity (Wildman–Crippen MR) is 84.6 cm³/mol. The number of ether oxygens (including phenoxy) is 1. The normalized spacial score (nSPS) is 10.8. The maximum atomic E-state index is 12.1. The molecule has 0 unspecified atom stereocenters. The molecule has 0 bridgehead atoms. The first-order valence-electron chi connectivity index (χ1n) is 7.05. The minimum absolute atomic E-state index is 0.254. The number of benzene rings is 1. The fourth-order valence-corrected chi connectivity index (χ4v) is 2.13. The highest BCUT2D eigenvalue weighted by molar-refractivity contribution is 8.09. The van der Waals surface area contributed by atoms with E-state index in [2.05, 4.69) is 33.8 Å². The summed E-state index contributed by atoms with van der Waals surface area (Å²) in [6.45, 7) is 10.2. The molecular formula is C16H22O4S. The predicted octanol–water partition coefficient (Wildman–Crippen LogP) is 4.89. The van der Waals surface area contributed by atoms with Crippen molar-refractivity contribution in [1.82, 2.24) is 0 Å². The van der Waals surface area contributed by atoms with Crippen LogP contribution >= 0.6 is 12.0 Å². The Morgan fingerprint density at radius 3 is 2.00 bits per heavy atom. The number of carbonyl (C=O) groups is 2. The molecule has 116 valence electrons. The maximum Gasteiger partial charge on any atom is 0.407 e. The van der Waals surface area contributed by atoms with Crippen LogP contribution in [-0.2, 0) is 8.92 Å². The Hall–Kier alpha value is -1.49. The van der Waals surface area contributed by atoms with E-state index < -0.39 is 11.3 Å². The van der Waals surface area contributed by atoms with Crippen LogP contribution in [0.5, 0.6) is 0 Å². The summed E-state index contributed by atoms with van der Waals surface area (Å²) in [5.41, 5.74) is 2.62. The first kappa shape index (κ1) is 17.6. The summed E-state index contributed by atoms with van der Waals surface area (Å²) in [5, 5.41) is -0.616. The smallest absolute Gasteiger partial charge is 0.407 e. The molecule has 0 saturated heterocycles. The van der Waals surface area contributed by atoms with Crippen molar-refractivity contribution in [2.24, 2.45) is 0 Å². The minimum atomic E-state index is -0.616. The van der Waals surface area contributed by atoms with Crippen LogP contribution in [-0.4, -0.2) is 17.9 Å². The van der Waals surface area contributed by atoms with Gasteiger partial charge in [0, 0.05) is 0 Å². The summed E-state index contributed by atoms with van der Waals surface area (Å²) >= 11 is 0.422. The second-order valence-electron chi connectivity index (χ2n) is 5.33. The Labute approximate surface area is 130 Å². The molecule has 0 aliphatic heterocycles. The van der Waals surface area contributed by atoms with Crippen molar-refractivity contribution >= 4 is 23.3 Å². The molecule has 1 rings (SSSR count). The van der Waals surface area contributed by atoms with Gasteiger partial charge >= 0.3 is 11.3 Å². The van der Waals surface area contributed by atoms with Crippen LogP contribution in [0.4, 0.5) is 4.79 Å². The van der Waals surface area contributed by atoms with Gasteiger partial charge in [-0.1, -0.05) is 33.8 Å². The molecule has 0 heterocycles. The van der Waals surface area contributed by atoms with Crippen molar-refractivity contribution in [2.45, 2.75) is 46.5 Å². The minimum Gasteiger partial charge on any atom is -0.456 e. The molecule has 0 spiro atoms. The van der Waals surface area contributed by atoms with Crippen molar-refractivity contribution in [2.75, 3.05) is 6.61 Å². The Bertz CT molecular complexity index is 483. The first-order valence-corrected chi connectivity index (χ1v) is 7.79. The SMILES string of the molecule is CCOC(=O)SOC(=O)c1cc(C(C)C)cc(C(C)C)c1. The number of hydrogen-bond donors (Lipinski definition) is 0. The van der Waals surface area contributed by atoms with Gasteiger partial charge in [0.05, 0.1) is 12.2 Å². The van der Waals surface area contributed by atoms with E-state index in [1.54, 1.807) is 6.92 Å². The summed E-state index contributed by atoms with van der Waals surface area (Å²) in [5.74, 6) is 0.0957. The standard InChI is InChI=1S/C16H22O4S/c1-6-19-16(18)21-20-15(17)14-8-12(10(2)3)7-13(9-14)11(4)5/h7-11H,6H2,1-5H3. The lowest BCUT2D eigenvalue weighted by Gasteiger charge is -2.13. The van der Waals surface area contributed by atoms with Gasteiger partial charge in [-0.3, -0.25) is 0 Å². The second kappa shape index (κ2) is 8.08. The lowest BCUT2D eigenvalue weighted by Crippen LogP contribution is -2.06. The Morgan fingerprint density at radius 2 is 1.57 bits per heavy atom. The van der Waals surface area contributed by atoms with Crippen molar-refractivity contribution in [3.05, 3.63) is 34.9 Å². The summed E-state index contributed by atoms with van der Waals surface area (Å²) in [6.07, 6.45) is 0. The van der Waals surface area contributed by atoms with Crippen LogP contribution < -0.4 is 0 Å². The lowest BCUT2D eigenvalue weighted by atomic mass is 9.93. The van der Waals surface area contributed by atoms with E-state index in [1.165, 1.54) is 0 Å². The third kappa shape index (κ3) is 5.42. The van der Waals surface area contributed by atoms with Gasteiger partial charge in [0.15, 0.2) is 12.0 Å². The van der Waals surface area contributed by atoms with Crippen molar-refractivity contribution in [3.8, 4) is 0 Å².